The van der Waals surface area contributed by atoms with Crippen LogP contribution in [0, 0.1) is 0 Å². The fraction of sp³-hybridized carbons (Fsp3) is 0.909. The van der Waals surface area contributed by atoms with Crippen LogP contribution < -0.4 is 5.73 Å². The second-order valence-corrected chi connectivity index (χ2v) is 5.71. The highest BCUT2D eigenvalue weighted by Crippen LogP contribution is 2.07. The molecule has 0 saturated carbocycles. The van der Waals surface area contributed by atoms with Crippen LogP contribution in [0.1, 0.15) is 51.9 Å². The number of carbonyl (C=O) groups is 1. The molecule has 0 unspecified atom stereocenters. The molecule has 0 aromatic rings. The van der Waals surface area contributed by atoms with Gasteiger partial charge in [-0.25, -0.2) is 0 Å². The molecule has 17 heavy (non-hydrogen) atoms. The van der Waals surface area contributed by atoms with Crippen molar-refractivity contribution in [3.63, 3.8) is 0 Å². The Labute approximate surface area is 104 Å². The van der Waals surface area contributed by atoms with Crippen molar-refractivity contribution >= 4 is 16.1 Å². The van der Waals surface area contributed by atoms with Gasteiger partial charge in [0.15, 0.2) is 0 Å². The minimum atomic E-state index is -3.70. The third kappa shape index (κ3) is 10.3. The highest BCUT2D eigenvalue weighted by Gasteiger charge is 2.15. The van der Waals surface area contributed by atoms with Crippen LogP contribution in [0.25, 0.3) is 0 Å². The average molecular weight is 265 g/mol. The van der Waals surface area contributed by atoms with Crippen molar-refractivity contribution in [3.8, 4) is 0 Å². The van der Waals surface area contributed by atoms with Crippen LogP contribution in [-0.4, -0.2) is 26.7 Å². The molecule has 0 radical (unpaired) electrons. The van der Waals surface area contributed by atoms with E-state index in [2.05, 4.69) is 11.1 Å². The van der Waals surface area contributed by atoms with Gasteiger partial charge in [0.1, 0.15) is 0 Å². The van der Waals surface area contributed by atoms with Crippen LogP contribution in [0.2, 0.25) is 0 Å². The van der Waals surface area contributed by atoms with Crippen molar-refractivity contribution in [1.29, 1.82) is 0 Å². The molecule has 0 bridgehead atoms. The summed E-state index contributed by atoms with van der Waals surface area (Å²) in [6.07, 6.45) is 5.84. The molecular formula is C11H23NO4S. The lowest BCUT2D eigenvalue weighted by Crippen LogP contribution is -2.18. The lowest BCUT2D eigenvalue weighted by molar-refractivity contribution is -0.133. The van der Waals surface area contributed by atoms with Crippen molar-refractivity contribution in [1.82, 2.24) is 0 Å². The fourth-order valence-corrected chi connectivity index (χ4v) is 2.41. The summed E-state index contributed by atoms with van der Waals surface area (Å²) in [7, 11) is -3.70. The van der Waals surface area contributed by atoms with E-state index in [4.69, 9.17) is 5.73 Å². The summed E-state index contributed by atoms with van der Waals surface area (Å²) in [5, 5.41) is 0. The van der Waals surface area contributed by atoms with Crippen LogP contribution in [0.5, 0.6) is 0 Å². The Morgan fingerprint density at radius 1 is 1.12 bits per heavy atom. The molecule has 0 atom stereocenters. The van der Waals surface area contributed by atoms with Gasteiger partial charge in [-0.2, -0.15) is 8.42 Å². The van der Waals surface area contributed by atoms with E-state index in [0.29, 0.717) is 6.42 Å². The maximum absolute atomic E-state index is 11.3. The van der Waals surface area contributed by atoms with E-state index in [1.54, 1.807) is 0 Å². The Morgan fingerprint density at radius 3 is 2.29 bits per heavy atom. The van der Waals surface area contributed by atoms with E-state index in [1.807, 2.05) is 0 Å². The highest BCUT2D eigenvalue weighted by molar-refractivity contribution is 7.87. The standard InChI is InChI=1S/C11H23NO4S/c1-2-3-4-5-6-7-10-17(14,15)16-11(13)8-9-12/h2-10,12H2,1H3. The fourth-order valence-electron chi connectivity index (χ4n) is 1.40. The normalized spacial score (nSPS) is 11.4. The monoisotopic (exact) mass is 265 g/mol. The summed E-state index contributed by atoms with van der Waals surface area (Å²) in [6.45, 7) is 2.23. The van der Waals surface area contributed by atoms with Crippen LogP contribution in [-0.2, 0) is 19.1 Å². The molecule has 0 aliphatic heterocycles. The Balaban J connectivity index is 3.68. The largest absolute Gasteiger partial charge is 0.346 e. The lowest BCUT2D eigenvalue weighted by Gasteiger charge is -2.04. The summed E-state index contributed by atoms with van der Waals surface area (Å²) in [5.41, 5.74) is 5.12. The predicted molar refractivity (Wildman–Crippen MR) is 66.9 cm³/mol. The molecule has 0 aromatic carbocycles. The number of hydrogen-bond donors (Lipinski definition) is 1. The molecule has 0 spiro atoms. The molecule has 0 amide bonds. The third-order valence-electron chi connectivity index (χ3n) is 2.32. The first-order chi connectivity index (χ1) is 8.02. The molecular weight excluding hydrogens is 242 g/mol. The highest BCUT2D eigenvalue weighted by atomic mass is 32.2. The van der Waals surface area contributed by atoms with Gasteiger partial charge in [-0.05, 0) is 6.42 Å². The van der Waals surface area contributed by atoms with E-state index in [0.717, 1.165) is 25.7 Å². The molecule has 0 saturated heterocycles. The molecule has 0 aliphatic rings. The van der Waals surface area contributed by atoms with Crippen molar-refractivity contribution in [2.24, 2.45) is 5.73 Å². The Morgan fingerprint density at radius 2 is 1.71 bits per heavy atom. The SMILES string of the molecule is CCCCCCCCS(=O)(=O)OC(=O)CCN. The van der Waals surface area contributed by atoms with Gasteiger partial charge in [0.25, 0.3) is 0 Å². The second-order valence-electron chi connectivity index (χ2n) is 4.02. The summed E-state index contributed by atoms with van der Waals surface area (Å²) < 4.78 is 27.0. The maximum Gasteiger partial charge on any atom is 0.323 e. The molecule has 0 heterocycles. The quantitative estimate of drug-likeness (QED) is 0.478. The second kappa shape index (κ2) is 9.41. The Bertz CT molecular complexity index is 301. The summed E-state index contributed by atoms with van der Waals surface area (Å²) in [6, 6.07) is 0. The zero-order valence-electron chi connectivity index (χ0n) is 10.5. The molecule has 5 nitrogen and oxygen atoms in total. The minimum Gasteiger partial charge on any atom is -0.346 e. The van der Waals surface area contributed by atoms with Crippen molar-refractivity contribution in [2.45, 2.75) is 51.9 Å². The number of hydrogen-bond acceptors (Lipinski definition) is 5. The van der Waals surface area contributed by atoms with Crippen LogP contribution >= 0.6 is 0 Å². The molecule has 102 valence electrons. The van der Waals surface area contributed by atoms with E-state index in [9.17, 15) is 13.2 Å². The van der Waals surface area contributed by atoms with Gasteiger partial charge in [0.05, 0.1) is 12.2 Å². The van der Waals surface area contributed by atoms with Crippen LogP contribution in [0.15, 0.2) is 0 Å². The molecule has 0 rings (SSSR count). The van der Waals surface area contributed by atoms with Gasteiger partial charge in [-0.3, -0.25) is 4.79 Å². The van der Waals surface area contributed by atoms with Gasteiger partial charge in [-0.1, -0.05) is 39.0 Å². The molecule has 0 fully saturated rings. The van der Waals surface area contributed by atoms with Crippen molar-refractivity contribution in [2.75, 3.05) is 12.3 Å². The topological polar surface area (TPSA) is 86.5 Å². The van der Waals surface area contributed by atoms with Crippen LogP contribution in [0.4, 0.5) is 0 Å². The average Bonchev–Trinajstić information content (AvgIpc) is 2.22. The first kappa shape index (κ1) is 16.4. The van der Waals surface area contributed by atoms with Gasteiger partial charge in [0.2, 0.25) is 0 Å². The molecule has 0 aromatic heterocycles. The smallest absolute Gasteiger partial charge is 0.323 e. The summed E-state index contributed by atoms with van der Waals surface area (Å²) in [5.74, 6) is -0.853. The van der Waals surface area contributed by atoms with E-state index < -0.39 is 16.1 Å². The number of rotatable bonds is 10. The first-order valence-electron chi connectivity index (χ1n) is 6.17. The third-order valence-corrected chi connectivity index (χ3v) is 3.54. The zero-order chi connectivity index (χ0) is 13.1. The maximum atomic E-state index is 11.3. The van der Waals surface area contributed by atoms with Gasteiger partial charge >= 0.3 is 16.1 Å². The molecule has 2 N–H and O–H groups in total. The van der Waals surface area contributed by atoms with Crippen LogP contribution in [0.3, 0.4) is 0 Å². The zero-order valence-corrected chi connectivity index (χ0v) is 11.3. The first-order valence-corrected chi connectivity index (χ1v) is 7.74. The Hall–Kier alpha value is -0.620. The van der Waals surface area contributed by atoms with Crippen molar-refractivity contribution < 1.29 is 17.4 Å². The van der Waals surface area contributed by atoms with Crippen molar-refractivity contribution in [3.05, 3.63) is 0 Å². The Kier molecular flexibility index (Phi) is 9.07. The minimum absolute atomic E-state index is 0.0598. The summed E-state index contributed by atoms with van der Waals surface area (Å²) >= 11 is 0. The van der Waals surface area contributed by atoms with E-state index >= 15 is 0 Å². The van der Waals surface area contributed by atoms with Gasteiger partial charge in [0, 0.05) is 6.54 Å². The molecule has 6 heteroatoms. The summed E-state index contributed by atoms with van der Waals surface area (Å²) in [4.78, 5) is 11.0. The van der Waals surface area contributed by atoms with E-state index in [-0.39, 0.29) is 18.7 Å². The number of unbranched alkanes of at least 4 members (excludes halogenated alkanes) is 5. The lowest BCUT2D eigenvalue weighted by atomic mass is 10.1. The number of carbonyl (C=O) groups excluding carboxylic acids is 1. The molecule has 0 aliphatic carbocycles. The van der Waals surface area contributed by atoms with Gasteiger partial charge in [-0.15, -0.1) is 0 Å². The number of nitrogens with two attached hydrogens (primary N) is 1. The predicted octanol–water partition coefficient (Wildman–Crippen LogP) is 1.57. The van der Waals surface area contributed by atoms with Gasteiger partial charge < -0.3 is 9.92 Å². The van der Waals surface area contributed by atoms with E-state index in [1.165, 1.54) is 6.42 Å².